The summed E-state index contributed by atoms with van der Waals surface area (Å²) < 4.78 is 33.6. The third-order valence-corrected chi connectivity index (χ3v) is 7.13. The summed E-state index contributed by atoms with van der Waals surface area (Å²) in [7, 11) is -3.72. The van der Waals surface area contributed by atoms with Crippen LogP contribution >= 0.6 is 11.3 Å². The standard InChI is InChI=1S/C20H18N4O3S2/c25-29(26,23-20-22-8-11-28-20)16-5-6-17-18(12-16)27-10-9-24(17)13-15-4-3-14-2-1-7-21-19(14)15/h1-2,4-8,11-12H,3,9-10,13H2,(H,22,23). The van der Waals surface area contributed by atoms with Crippen LogP contribution in [0.25, 0.3) is 5.57 Å². The monoisotopic (exact) mass is 426 g/mol. The molecule has 0 atom stereocenters. The van der Waals surface area contributed by atoms with Gasteiger partial charge < -0.3 is 9.64 Å². The first kappa shape index (κ1) is 18.1. The molecule has 1 N–H and O–H groups in total. The molecular formula is C20H18N4O3S2. The average molecular weight is 427 g/mol. The van der Waals surface area contributed by atoms with E-state index in [4.69, 9.17) is 4.74 Å². The summed E-state index contributed by atoms with van der Waals surface area (Å²) in [4.78, 5) is 10.9. The summed E-state index contributed by atoms with van der Waals surface area (Å²) in [6.07, 6.45) is 6.48. The van der Waals surface area contributed by atoms with Gasteiger partial charge in [-0.1, -0.05) is 12.1 Å². The molecule has 0 amide bonds. The van der Waals surface area contributed by atoms with Crippen molar-refractivity contribution in [2.75, 3.05) is 29.3 Å². The minimum Gasteiger partial charge on any atom is -0.490 e. The van der Waals surface area contributed by atoms with Gasteiger partial charge in [0.25, 0.3) is 10.0 Å². The van der Waals surface area contributed by atoms with Gasteiger partial charge in [-0.25, -0.2) is 13.4 Å². The second-order valence-corrected chi connectivity index (χ2v) is 9.36. The van der Waals surface area contributed by atoms with Crippen molar-refractivity contribution < 1.29 is 13.2 Å². The zero-order valence-corrected chi connectivity index (χ0v) is 17.0. The van der Waals surface area contributed by atoms with Gasteiger partial charge in [0.1, 0.15) is 12.4 Å². The highest BCUT2D eigenvalue weighted by Gasteiger charge is 2.25. The van der Waals surface area contributed by atoms with Crippen molar-refractivity contribution >= 4 is 37.8 Å². The van der Waals surface area contributed by atoms with E-state index in [0.717, 1.165) is 24.3 Å². The average Bonchev–Trinajstić information content (AvgIpc) is 3.38. The molecule has 0 saturated heterocycles. The number of rotatable bonds is 5. The van der Waals surface area contributed by atoms with Crippen molar-refractivity contribution in [3.05, 3.63) is 65.4 Å². The number of anilines is 2. The number of sulfonamides is 1. The molecule has 0 fully saturated rings. The Hall–Kier alpha value is -2.91. The maximum atomic E-state index is 12.7. The second kappa shape index (κ2) is 7.16. The van der Waals surface area contributed by atoms with Gasteiger partial charge in [-0.15, -0.1) is 11.3 Å². The van der Waals surface area contributed by atoms with Gasteiger partial charge in [0, 0.05) is 30.4 Å². The van der Waals surface area contributed by atoms with Gasteiger partial charge in [0.15, 0.2) is 5.13 Å². The normalized spacial score (nSPS) is 15.3. The van der Waals surface area contributed by atoms with Gasteiger partial charge in [0.05, 0.1) is 22.8 Å². The number of benzene rings is 1. The molecule has 1 aliphatic carbocycles. The number of thiazole rings is 1. The van der Waals surface area contributed by atoms with E-state index in [2.05, 4.69) is 31.7 Å². The van der Waals surface area contributed by atoms with Gasteiger partial charge in [0.2, 0.25) is 0 Å². The van der Waals surface area contributed by atoms with Gasteiger partial charge in [-0.2, -0.15) is 0 Å². The topological polar surface area (TPSA) is 84.4 Å². The molecule has 5 rings (SSSR count). The fourth-order valence-electron chi connectivity index (χ4n) is 3.60. The first-order valence-electron chi connectivity index (χ1n) is 9.17. The van der Waals surface area contributed by atoms with Crippen molar-refractivity contribution in [2.45, 2.75) is 11.3 Å². The molecule has 0 saturated carbocycles. The van der Waals surface area contributed by atoms with Crippen LogP contribution in [-0.2, 0) is 16.4 Å². The number of aromatic nitrogens is 2. The van der Waals surface area contributed by atoms with Crippen LogP contribution in [0, 0.1) is 0 Å². The second-order valence-electron chi connectivity index (χ2n) is 6.79. The molecule has 9 heteroatoms. The molecule has 0 radical (unpaired) electrons. The fraction of sp³-hybridized carbons (Fsp3) is 0.200. The van der Waals surface area contributed by atoms with Crippen LogP contribution in [0.5, 0.6) is 5.75 Å². The van der Waals surface area contributed by atoms with E-state index >= 15 is 0 Å². The summed E-state index contributed by atoms with van der Waals surface area (Å²) in [6, 6.07) is 9.05. The Morgan fingerprint density at radius 3 is 3.00 bits per heavy atom. The van der Waals surface area contributed by atoms with E-state index in [1.165, 1.54) is 22.5 Å². The van der Waals surface area contributed by atoms with Crippen LogP contribution in [0.15, 0.2) is 59.1 Å². The molecule has 29 heavy (non-hydrogen) atoms. The summed E-state index contributed by atoms with van der Waals surface area (Å²) in [5.74, 6) is 0.568. The SMILES string of the molecule is O=S(=O)(Nc1nccs1)c1ccc2c(c1)OCCN2CC1=CCc2cccnc21. The van der Waals surface area contributed by atoms with E-state index in [9.17, 15) is 8.42 Å². The van der Waals surface area contributed by atoms with Crippen LogP contribution in [0.2, 0.25) is 0 Å². The van der Waals surface area contributed by atoms with Crippen LogP contribution in [0.4, 0.5) is 10.8 Å². The van der Waals surface area contributed by atoms with Crippen molar-refractivity contribution in [1.29, 1.82) is 0 Å². The lowest BCUT2D eigenvalue weighted by atomic mass is 10.1. The van der Waals surface area contributed by atoms with Crippen molar-refractivity contribution in [3.63, 3.8) is 0 Å². The molecule has 0 unspecified atom stereocenters. The zero-order chi connectivity index (χ0) is 19.8. The minimum absolute atomic E-state index is 0.153. The zero-order valence-electron chi connectivity index (χ0n) is 15.4. The predicted molar refractivity (Wildman–Crippen MR) is 113 cm³/mol. The number of pyridine rings is 1. The lowest BCUT2D eigenvalue weighted by molar-refractivity contribution is 0.309. The molecule has 0 bridgehead atoms. The van der Waals surface area contributed by atoms with Crippen molar-refractivity contribution in [1.82, 2.24) is 9.97 Å². The number of allylic oxidation sites excluding steroid dienone is 1. The lowest BCUT2D eigenvalue weighted by Crippen LogP contribution is -2.34. The Kier molecular flexibility index (Phi) is 4.48. The minimum atomic E-state index is -3.72. The molecule has 148 valence electrons. The Morgan fingerprint density at radius 2 is 2.14 bits per heavy atom. The molecule has 1 aromatic carbocycles. The number of nitrogens with zero attached hydrogens (tertiary/aromatic N) is 3. The van der Waals surface area contributed by atoms with E-state index < -0.39 is 10.0 Å². The smallest absolute Gasteiger partial charge is 0.263 e. The van der Waals surface area contributed by atoms with Gasteiger partial charge in [-0.05, 0) is 35.8 Å². The number of hydrogen-bond acceptors (Lipinski definition) is 7. The number of ether oxygens (including phenoxy) is 1. The summed E-state index contributed by atoms with van der Waals surface area (Å²) >= 11 is 1.23. The maximum absolute atomic E-state index is 12.7. The summed E-state index contributed by atoms with van der Waals surface area (Å²) in [6.45, 7) is 1.94. The lowest BCUT2D eigenvalue weighted by Gasteiger charge is -2.32. The highest BCUT2D eigenvalue weighted by atomic mass is 32.2. The van der Waals surface area contributed by atoms with Crippen LogP contribution in [-0.4, -0.2) is 38.1 Å². The van der Waals surface area contributed by atoms with Crippen LogP contribution in [0.1, 0.15) is 11.3 Å². The number of nitrogens with one attached hydrogen (secondary N) is 1. The molecule has 2 aliphatic rings. The van der Waals surface area contributed by atoms with E-state index in [1.807, 2.05) is 12.3 Å². The molecule has 0 spiro atoms. The quantitative estimate of drug-likeness (QED) is 0.675. The first-order chi connectivity index (χ1) is 14.1. The molecule has 3 heterocycles. The van der Waals surface area contributed by atoms with E-state index in [1.54, 1.807) is 29.8 Å². The van der Waals surface area contributed by atoms with E-state index in [-0.39, 0.29) is 4.90 Å². The predicted octanol–water partition coefficient (Wildman–Crippen LogP) is 3.18. The summed E-state index contributed by atoms with van der Waals surface area (Å²) in [5.41, 5.74) is 4.36. The molecule has 3 aromatic rings. The number of fused-ring (bicyclic) bond motifs is 2. The summed E-state index contributed by atoms with van der Waals surface area (Å²) in [5, 5.41) is 2.06. The van der Waals surface area contributed by atoms with Crippen molar-refractivity contribution in [2.24, 2.45) is 0 Å². The molecular weight excluding hydrogens is 408 g/mol. The Bertz CT molecular complexity index is 1190. The first-order valence-corrected chi connectivity index (χ1v) is 11.5. The Labute approximate surface area is 172 Å². The van der Waals surface area contributed by atoms with Crippen molar-refractivity contribution in [3.8, 4) is 5.75 Å². The Morgan fingerprint density at radius 1 is 1.21 bits per heavy atom. The third-order valence-electron chi connectivity index (χ3n) is 4.98. The molecule has 7 nitrogen and oxygen atoms in total. The fourth-order valence-corrected chi connectivity index (χ4v) is 5.41. The third kappa shape index (κ3) is 3.47. The van der Waals surface area contributed by atoms with Crippen LogP contribution < -0.4 is 14.4 Å². The van der Waals surface area contributed by atoms with Crippen LogP contribution in [0.3, 0.4) is 0 Å². The highest BCUT2D eigenvalue weighted by Crippen LogP contribution is 2.36. The number of hydrogen-bond donors (Lipinski definition) is 1. The maximum Gasteiger partial charge on any atom is 0.263 e. The highest BCUT2D eigenvalue weighted by molar-refractivity contribution is 7.93. The Balaban J connectivity index is 1.40. The van der Waals surface area contributed by atoms with Gasteiger partial charge >= 0.3 is 0 Å². The van der Waals surface area contributed by atoms with Gasteiger partial charge in [-0.3, -0.25) is 9.71 Å². The molecule has 1 aliphatic heterocycles. The molecule has 2 aromatic heterocycles. The van der Waals surface area contributed by atoms with E-state index in [0.29, 0.717) is 24.0 Å². The largest absolute Gasteiger partial charge is 0.490 e.